The number of benzene rings is 1. The maximum atomic E-state index is 12.4. The van der Waals surface area contributed by atoms with Crippen molar-refractivity contribution in [1.29, 1.82) is 0 Å². The molecule has 0 spiro atoms. The van der Waals surface area contributed by atoms with Crippen LogP contribution in [-0.4, -0.2) is 60.7 Å². The molecule has 1 aromatic rings. The topological polar surface area (TPSA) is 72.8 Å². The Hall–Kier alpha value is -0.110. The molecule has 0 amide bonds. The fraction of sp³-hybridized carbons (Fsp3) is 0.667. The van der Waals surface area contributed by atoms with Crippen LogP contribution in [0.1, 0.15) is 48.0 Å². The summed E-state index contributed by atoms with van der Waals surface area (Å²) in [6.07, 6.45) is 0.514. The Morgan fingerprint density at radius 1 is 1.04 bits per heavy atom. The van der Waals surface area contributed by atoms with Gasteiger partial charge in [-0.1, -0.05) is 52.8 Å². The molecule has 1 atom stereocenters. The van der Waals surface area contributed by atoms with Crippen LogP contribution < -0.4 is 4.74 Å². The van der Waals surface area contributed by atoms with Crippen LogP contribution in [0, 0.1) is 10.8 Å². The third-order valence-electron chi connectivity index (χ3n) is 3.94. The molecule has 0 aliphatic rings. The Kier molecular flexibility index (Phi) is 9.16. The van der Waals surface area contributed by atoms with Crippen LogP contribution in [0.2, 0.25) is 0 Å². The summed E-state index contributed by atoms with van der Waals surface area (Å²) in [7, 11) is -4.57. The van der Waals surface area contributed by atoms with Gasteiger partial charge in [-0.15, -0.1) is 0 Å². The molecule has 1 aromatic carbocycles. The Labute approximate surface area is 174 Å². The molecule has 140 valence electrons. The van der Waals surface area contributed by atoms with Crippen molar-refractivity contribution in [3.8, 4) is 5.75 Å². The van der Waals surface area contributed by atoms with Crippen LogP contribution in [0.25, 0.3) is 0 Å². The molecule has 25 heavy (non-hydrogen) atoms. The van der Waals surface area contributed by atoms with E-state index in [1.807, 2.05) is 26.8 Å². The number of para-hydroxylation sites is 1. The van der Waals surface area contributed by atoms with Gasteiger partial charge in [-0.3, -0.25) is 4.55 Å². The molecule has 0 saturated heterocycles. The van der Waals surface area contributed by atoms with Gasteiger partial charge >= 0.3 is 39.7 Å². The van der Waals surface area contributed by atoms with Gasteiger partial charge in [-0.05, 0) is 30.9 Å². The van der Waals surface area contributed by atoms with Crippen molar-refractivity contribution >= 4 is 39.7 Å². The SMILES string of the molecule is CCOCC(Oc1ccccc1)(C(C)(C)CC(C)(C)C)S(=O)(=O)O.[NaH]. The molecule has 0 bridgehead atoms. The molecule has 0 aromatic heterocycles. The van der Waals surface area contributed by atoms with Crippen molar-refractivity contribution in [3.05, 3.63) is 30.3 Å². The van der Waals surface area contributed by atoms with Gasteiger partial charge in [-0.25, -0.2) is 0 Å². The molecule has 0 heterocycles. The molecular weight excluding hydrogens is 351 g/mol. The average Bonchev–Trinajstić information content (AvgIpc) is 2.40. The standard InChI is InChI=1S/C18H30O5S.Na.H/c1-7-22-14-18(24(19,20)21,17(5,6)13-16(2,3)4)23-15-11-9-8-10-12-15;;/h8-12H,7,13-14H2,1-6H3,(H,19,20,21);;. The van der Waals surface area contributed by atoms with Crippen molar-refractivity contribution in [1.82, 2.24) is 0 Å². The van der Waals surface area contributed by atoms with E-state index < -0.39 is 20.5 Å². The van der Waals surface area contributed by atoms with Crippen LogP contribution in [0.3, 0.4) is 0 Å². The van der Waals surface area contributed by atoms with Gasteiger partial charge in [0.1, 0.15) is 12.4 Å². The molecule has 0 aliphatic carbocycles. The minimum atomic E-state index is -4.57. The molecule has 0 saturated carbocycles. The van der Waals surface area contributed by atoms with Crippen molar-refractivity contribution in [2.24, 2.45) is 10.8 Å². The van der Waals surface area contributed by atoms with E-state index in [0.717, 1.165) is 0 Å². The predicted molar refractivity (Wildman–Crippen MR) is 103 cm³/mol. The Balaban J connectivity index is 0.00000576. The number of hydrogen-bond acceptors (Lipinski definition) is 4. The summed E-state index contributed by atoms with van der Waals surface area (Å²) >= 11 is 0. The average molecular weight is 382 g/mol. The van der Waals surface area contributed by atoms with Gasteiger partial charge in [0.05, 0.1) is 0 Å². The van der Waals surface area contributed by atoms with E-state index in [1.165, 1.54) is 0 Å². The van der Waals surface area contributed by atoms with Crippen molar-refractivity contribution in [3.63, 3.8) is 0 Å². The Morgan fingerprint density at radius 2 is 1.56 bits per heavy atom. The zero-order chi connectivity index (χ0) is 18.6. The van der Waals surface area contributed by atoms with Gasteiger partial charge < -0.3 is 9.47 Å². The maximum absolute atomic E-state index is 12.4. The van der Waals surface area contributed by atoms with E-state index in [0.29, 0.717) is 18.8 Å². The molecule has 1 unspecified atom stereocenters. The first-order valence-electron chi connectivity index (χ1n) is 8.13. The summed E-state index contributed by atoms with van der Waals surface area (Å²) in [4.78, 5) is -1.90. The summed E-state index contributed by atoms with van der Waals surface area (Å²) in [6, 6.07) is 8.64. The van der Waals surface area contributed by atoms with E-state index >= 15 is 0 Å². The van der Waals surface area contributed by atoms with E-state index in [1.54, 1.807) is 45.0 Å². The zero-order valence-electron chi connectivity index (χ0n) is 15.5. The van der Waals surface area contributed by atoms with Crippen LogP contribution in [0.5, 0.6) is 5.75 Å². The molecule has 7 heteroatoms. The van der Waals surface area contributed by atoms with E-state index in [2.05, 4.69) is 0 Å². The van der Waals surface area contributed by atoms with Gasteiger partial charge in [0, 0.05) is 12.0 Å². The van der Waals surface area contributed by atoms with Gasteiger partial charge in [-0.2, -0.15) is 8.42 Å². The summed E-state index contributed by atoms with van der Waals surface area (Å²) in [5.41, 5.74) is -1.06. The molecule has 0 fully saturated rings. The van der Waals surface area contributed by atoms with E-state index in [9.17, 15) is 13.0 Å². The fourth-order valence-corrected chi connectivity index (χ4v) is 4.42. The minimum absolute atomic E-state index is 0. The number of ether oxygens (including phenoxy) is 2. The number of rotatable bonds is 8. The monoisotopic (exact) mass is 382 g/mol. The first kappa shape index (κ1) is 24.9. The van der Waals surface area contributed by atoms with Crippen LogP contribution in [-0.2, 0) is 14.9 Å². The van der Waals surface area contributed by atoms with Crippen LogP contribution >= 0.6 is 0 Å². The molecular formula is C18H31NaO5S. The first-order chi connectivity index (χ1) is 10.8. The molecule has 0 radical (unpaired) electrons. The molecule has 0 aliphatic heterocycles. The second-order valence-electron chi connectivity index (χ2n) is 7.90. The molecule has 1 rings (SSSR count). The second-order valence-corrected chi connectivity index (χ2v) is 9.51. The first-order valence-corrected chi connectivity index (χ1v) is 9.57. The van der Waals surface area contributed by atoms with E-state index in [4.69, 9.17) is 9.47 Å². The van der Waals surface area contributed by atoms with Gasteiger partial charge in [0.25, 0.3) is 4.93 Å². The summed E-state index contributed by atoms with van der Waals surface area (Å²) < 4.78 is 46.4. The van der Waals surface area contributed by atoms with Gasteiger partial charge in [0.2, 0.25) is 0 Å². The molecule has 5 nitrogen and oxygen atoms in total. The summed E-state index contributed by atoms with van der Waals surface area (Å²) in [5.74, 6) is 0.372. The van der Waals surface area contributed by atoms with Crippen molar-refractivity contribution < 1.29 is 22.4 Å². The summed E-state index contributed by atoms with van der Waals surface area (Å²) in [5, 5.41) is 0. The zero-order valence-corrected chi connectivity index (χ0v) is 16.3. The molecule has 1 N–H and O–H groups in total. The summed E-state index contributed by atoms with van der Waals surface area (Å²) in [6.45, 7) is 11.5. The number of hydrogen-bond donors (Lipinski definition) is 1. The second kappa shape index (κ2) is 9.20. The van der Waals surface area contributed by atoms with E-state index in [-0.39, 0.29) is 41.6 Å². The normalized spacial score (nSPS) is 15.2. The van der Waals surface area contributed by atoms with Gasteiger partial charge in [0.15, 0.2) is 0 Å². The third-order valence-corrected chi connectivity index (χ3v) is 5.53. The third kappa shape index (κ3) is 6.52. The Morgan fingerprint density at radius 3 is 1.96 bits per heavy atom. The van der Waals surface area contributed by atoms with Crippen molar-refractivity contribution in [2.45, 2.75) is 52.9 Å². The van der Waals surface area contributed by atoms with Crippen LogP contribution in [0.15, 0.2) is 30.3 Å². The quantitative estimate of drug-likeness (QED) is 0.550. The Bertz CT molecular complexity index is 623. The predicted octanol–water partition coefficient (Wildman–Crippen LogP) is 3.50. The van der Waals surface area contributed by atoms with Crippen molar-refractivity contribution in [2.75, 3.05) is 13.2 Å². The van der Waals surface area contributed by atoms with Crippen LogP contribution in [0.4, 0.5) is 0 Å². The fourth-order valence-electron chi connectivity index (χ4n) is 3.22.